The molecule has 0 saturated heterocycles. The molecule has 2 heterocycles. The zero-order chi connectivity index (χ0) is 13.5. The van der Waals surface area contributed by atoms with E-state index in [0.717, 1.165) is 16.1 Å². The van der Waals surface area contributed by atoms with Gasteiger partial charge in [0.25, 0.3) is 0 Å². The van der Waals surface area contributed by atoms with Crippen LogP contribution >= 0.6 is 11.3 Å². The Kier molecular flexibility index (Phi) is 3.34. The highest BCUT2D eigenvalue weighted by atomic mass is 32.1. The van der Waals surface area contributed by atoms with Gasteiger partial charge in [-0.1, -0.05) is 20.8 Å². The molecule has 0 fully saturated rings. The molecule has 0 aliphatic rings. The number of rotatable bonds is 2. The van der Waals surface area contributed by atoms with E-state index in [-0.39, 0.29) is 5.41 Å². The molecule has 18 heavy (non-hydrogen) atoms. The Morgan fingerprint density at radius 3 is 2.50 bits per heavy atom. The molecule has 0 bridgehead atoms. The number of aliphatic hydroxyl groups is 1. The van der Waals surface area contributed by atoms with Crippen molar-refractivity contribution in [2.45, 2.75) is 39.2 Å². The van der Waals surface area contributed by atoms with Crippen molar-refractivity contribution in [1.29, 1.82) is 0 Å². The molecule has 0 aliphatic heterocycles. The van der Waals surface area contributed by atoms with Gasteiger partial charge in [0, 0.05) is 34.0 Å². The molecule has 1 N–H and O–H groups in total. The van der Waals surface area contributed by atoms with Gasteiger partial charge in [-0.15, -0.1) is 11.3 Å². The van der Waals surface area contributed by atoms with Gasteiger partial charge in [-0.25, -0.2) is 0 Å². The Balaban J connectivity index is 2.45. The normalized spacial score (nSPS) is 13.9. The molecule has 0 radical (unpaired) electrons. The molecule has 0 saturated carbocycles. The quantitative estimate of drug-likeness (QED) is 0.904. The number of nitrogens with zero attached hydrogens (tertiary/aromatic N) is 2. The van der Waals surface area contributed by atoms with Crippen LogP contribution in [0.25, 0.3) is 0 Å². The zero-order valence-corrected chi connectivity index (χ0v) is 12.4. The number of aryl methyl sites for hydroxylation is 2. The van der Waals surface area contributed by atoms with Crippen molar-refractivity contribution >= 4 is 11.3 Å². The summed E-state index contributed by atoms with van der Waals surface area (Å²) in [6.07, 6.45) is 1.34. The third-order valence-corrected chi connectivity index (χ3v) is 3.95. The summed E-state index contributed by atoms with van der Waals surface area (Å²) in [4.78, 5) is 2.19. The van der Waals surface area contributed by atoms with Crippen molar-refractivity contribution in [1.82, 2.24) is 9.78 Å². The number of aliphatic hydroxyl groups excluding tert-OH is 1. The SMILES string of the molecule is Cc1ccc(C(O)c2cn(C)nc2C(C)(C)C)s1. The van der Waals surface area contributed by atoms with Gasteiger partial charge < -0.3 is 5.11 Å². The van der Waals surface area contributed by atoms with Crippen LogP contribution in [-0.2, 0) is 12.5 Å². The molecule has 0 aliphatic carbocycles. The van der Waals surface area contributed by atoms with Crippen LogP contribution in [0, 0.1) is 6.92 Å². The molecule has 2 rings (SSSR count). The summed E-state index contributed by atoms with van der Waals surface area (Å²) in [5, 5.41) is 15.0. The fourth-order valence-corrected chi connectivity index (χ4v) is 2.93. The van der Waals surface area contributed by atoms with E-state index in [9.17, 15) is 5.11 Å². The van der Waals surface area contributed by atoms with Gasteiger partial charge in [-0.2, -0.15) is 5.10 Å². The Morgan fingerprint density at radius 2 is 2.00 bits per heavy atom. The lowest BCUT2D eigenvalue weighted by molar-refractivity contribution is 0.221. The van der Waals surface area contributed by atoms with Crippen LogP contribution in [0.3, 0.4) is 0 Å². The summed E-state index contributed by atoms with van der Waals surface area (Å²) in [6.45, 7) is 8.40. The van der Waals surface area contributed by atoms with Crippen molar-refractivity contribution in [2.75, 3.05) is 0 Å². The fraction of sp³-hybridized carbons (Fsp3) is 0.500. The highest BCUT2D eigenvalue weighted by Gasteiger charge is 2.26. The van der Waals surface area contributed by atoms with E-state index in [1.165, 1.54) is 4.88 Å². The Labute approximate surface area is 112 Å². The largest absolute Gasteiger partial charge is 0.383 e. The summed E-state index contributed by atoms with van der Waals surface area (Å²) in [5.41, 5.74) is 1.81. The number of aromatic nitrogens is 2. The minimum atomic E-state index is -0.577. The average Bonchev–Trinajstić information content (AvgIpc) is 2.82. The molecule has 2 aromatic rings. The molecular formula is C14H20N2OS. The molecule has 4 heteroatoms. The van der Waals surface area contributed by atoms with Gasteiger partial charge in [0.15, 0.2) is 0 Å². The first kappa shape index (κ1) is 13.3. The van der Waals surface area contributed by atoms with Gasteiger partial charge in [0.1, 0.15) is 6.10 Å². The van der Waals surface area contributed by atoms with Crippen molar-refractivity contribution < 1.29 is 5.11 Å². The van der Waals surface area contributed by atoms with Gasteiger partial charge in [-0.3, -0.25) is 4.68 Å². The van der Waals surface area contributed by atoms with Crippen molar-refractivity contribution in [2.24, 2.45) is 7.05 Å². The first-order valence-electron chi connectivity index (χ1n) is 6.07. The van der Waals surface area contributed by atoms with E-state index in [4.69, 9.17) is 0 Å². The van der Waals surface area contributed by atoms with E-state index in [1.54, 1.807) is 16.0 Å². The molecule has 0 amide bonds. The van der Waals surface area contributed by atoms with Crippen molar-refractivity contribution in [3.8, 4) is 0 Å². The molecule has 1 unspecified atom stereocenters. The lowest BCUT2D eigenvalue weighted by atomic mass is 9.88. The maximum absolute atomic E-state index is 10.5. The van der Waals surface area contributed by atoms with Crippen LogP contribution < -0.4 is 0 Å². The first-order chi connectivity index (χ1) is 8.29. The second-order valence-electron chi connectivity index (χ2n) is 5.71. The van der Waals surface area contributed by atoms with E-state index in [0.29, 0.717) is 0 Å². The monoisotopic (exact) mass is 264 g/mol. The maximum Gasteiger partial charge on any atom is 0.117 e. The number of hydrogen-bond donors (Lipinski definition) is 1. The summed E-state index contributed by atoms with van der Waals surface area (Å²) in [7, 11) is 1.89. The van der Waals surface area contributed by atoms with Gasteiger partial charge >= 0.3 is 0 Å². The Morgan fingerprint density at radius 1 is 1.33 bits per heavy atom. The van der Waals surface area contributed by atoms with E-state index >= 15 is 0 Å². The molecule has 0 aromatic carbocycles. The standard InChI is InChI=1S/C14H20N2OS/c1-9-6-7-11(18-9)12(17)10-8-16(5)15-13(10)14(2,3)4/h6-8,12,17H,1-5H3. The summed E-state index contributed by atoms with van der Waals surface area (Å²) < 4.78 is 1.78. The molecule has 0 spiro atoms. The predicted molar refractivity (Wildman–Crippen MR) is 75.0 cm³/mol. The Bertz CT molecular complexity index is 548. The smallest absolute Gasteiger partial charge is 0.117 e. The van der Waals surface area contributed by atoms with Crippen LogP contribution in [0.4, 0.5) is 0 Å². The Hall–Kier alpha value is -1.13. The topological polar surface area (TPSA) is 38.0 Å². The second-order valence-corrected chi connectivity index (χ2v) is 7.03. The van der Waals surface area contributed by atoms with Gasteiger partial charge in [-0.05, 0) is 19.1 Å². The number of thiophene rings is 1. The minimum Gasteiger partial charge on any atom is -0.383 e. The van der Waals surface area contributed by atoms with Crippen LogP contribution in [-0.4, -0.2) is 14.9 Å². The molecule has 1 atom stereocenters. The molecular weight excluding hydrogens is 244 g/mol. The van der Waals surface area contributed by atoms with Crippen molar-refractivity contribution in [3.63, 3.8) is 0 Å². The average molecular weight is 264 g/mol. The van der Waals surface area contributed by atoms with Crippen LogP contribution in [0.5, 0.6) is 0 Å². The fourth-order valence-electron chi connectivity index (χ4n) is 2.04. The van der Waals surface area contributed by atoms with Gasteiger partial charge in [0.2, 0.25) is 0 Å². The highest BCUT2D eigenvalue weighted by Crippen LogP contribution is 2.34. The molecule has 98 valence electrons. The third kappa shape index (κ3) is 2.49. The molecule has 2 aromatic heterocycles. The van der Waals surface area contributed by atoms with Gasteiger partial charge in [0.05, 0.1) is 5.69 Å². The maximum atomic E-state index is 10.5. The lowest BCUT2D eigenvalue weighted by Gasteiger charge is -2.19. The van der Waals surface area contributed by atoms with E-state index in [1.807, 2.05) is 25.4 Å². The van der Waals surface area contributed by atoms with E-state index < -0.39 is 6.10 Å². The number of hydrogen-bond acceptors (Lipinski definition) is 3. The minimum absolute atomic E-state index is 0.0656. The highest BCUT2D eigenvalue weighted by molar-refractivity contribution is 7.12. The second kappa shape index (κ2) is 4.52. The lowest BCUT2D eigenvalue weighted by Crippen LogP contribution is -2.16. The van der Waals surface area contributed by atoms with E-state index in [2.05, 4.69) is 32.8 Å². The van der Waals surface area contributed by atoms with Crippen LogP contribution in [0.2, 0.25) is 0 Å². The zero-order valence-electron chi connectivity index (χ0n) is 11.6. The predicted octanol–water partition coefficient (Wildman–Crippen LogP) is 3.17. The molecule has 3 nitrogen and oxygen atoms in total. The van der Waals surface area contributed by atoms with Crippen molar-refractivity contribution in [3.05, 3.63) is 39.3 Å². The third-order valence-electron chi connectivity index (χ3n) is 2.89. The summed E-state index contributed by atoms with van der Waals surface area (Å²) >= 11 is 1.63. The first-order valence-corrected chi connectivity index (χ1v) is 6.89. The van der Waals surface area contributed by atoms with Crippen LogP contribution in [0.15, 0.2) is 18.3 Å². The van der Waals surface area contributed by atoms with Crippen LogP contribution in [0.1, 0.15) is 47.9 Å². The summed E-state index contributed by atoms with van der Waals surface area (Å²) in [6, 6.07) is 4.03. The summed E-state index contributed by atoms with van der Waals surface area (Å²) in [5.74, 6) is 0.